The Morgan fingerprint density at radius 1 is 1.38 bits per heavy atom. The van der Waals surface area contributed by atoms with Gasteiger partial charge in [0, 0.05) is 33.0 Å². The second-order valence-electron chi connectivity index (χ2n) is 3.66. The molecule has 0 heterocycles. The molecule has 1 aliphatic carbocycles. The number of ketones is 1. The predicted octanol–water partition coefficient (Wildman–Crippen LogP) is 0.769. The maximum atomic E-state index is 11.2. The van der Waals surface area contributed by atoms with Crippen LogP contribution in [0.1, 0.15) is 25.7 Å². The van der Waals surface area contributed by atoms with E-state index in [0.717, 1.165) is 12.8 Å². The Balaban J connectivity index is 2.30. The van der Waals surface area contributed by atoms with Crippen molar-refractivity contribution in [3.8, 4) is 0 Å². The summed E-state index contributed by atoms with van der Waals surface area (Å²) in [5.74, 6) is 0.315. The van der Waals surface area contributed by atoms with Crippen molar-refractivity contribution < 1.29 is 9.59 Å². The van der Waals surface area contributed by atoms with Crippen LogP contribution in [0.4, 0.5) is 4.79 Å². The van der Waals surface area contributed by atoms with E-state index in [1.165, 1.54) is 4.90 Å². The molecule has 1 fully saturated rings. The van der Waals surface area contributed by atoms with Gasteiger partial charge in [-0.05, 0) is 12.8 Å². The number of amides is 2. The highest BCUT2D eigenvalue weighted by atomic mass is 16.2. The molecule has 0 atom stereocenters. The van der Waals surface area contributed by atoms with Crippen LogP contribution < -0.4 is 5.32 Å². The van der Waals surface area contributed by atoms with Crippen molar-refractivity contribution in [3.05, 3.63) is 0 Å². The highest BCUT2D eigenvalue weighted by Gasteiger charge is 2.20. The Bertz CT molecular complexity index is 204. The van der Waals surface area contributed by atoms with Crippen LogP contribution >= 0.6 is 0 Å². The normalized spacial score (nSPS) is 18.5. The summed E-state index contributed by atoms with van der Waals surface area (Å²) in [5.41, 5.74) is 0. The number of carbonyl (C=O) groups excluding carboxylic acids is 2. The summed E-state index contributed by atoms with van der Waals surface area (Å²) in [5, 5.41) is 2.87. The molecule has 0 aromatic heterocycles. The molecule has 4 nitrogen and oxygen atoms in total. The lowest BCUT2D eigenvalue weighted by Crippen LogP contribution is -2.43. The minimum absolute atomic E-state index is 0.0700. The van der Waals surface area contributed by atoms with Gasteiger partial charge in [0.1, 0.15) is 5.78 Å². The molecule has 1 aliphatic rings. The zero-order valence-electron chi connectivity index (χ0n) is 8.17. The lowest BCUT2D eigenvalue weighted by Gasteiger charge is -2.23. The quantitative estimate of drug-likeness (QED) is 0.654. The molecule has 2 amide bonds. The first-order valence-electron chi connectivity index (χ1n) is 4.59. The van der Waals surface area contributed by atoms with Crippen molar-refractivity contribution in [2.75, 3.05) is 14.1 Å². The summed E-state index contributed by atoms with van der Waals surface area (Å²) in [6, 6.07) is 0.118. The molecule has 0 aromatic carbocycles. The molecule has 1 N–H and O–H groups in total. The van der Waals surface area contributed by atoms with Crippen LogP contribution in [0.3, 0.4) is 0 Å². The molecule has 0 radical (unpaired) electrons. The first kappa shape index (κ1) is 10.0. The van der Waals surface area contributed by atoms with Crippen LogP contribution in [0.2, 0.25) is 0 Å². The van der Waals surface area contributed by atoms with E-state index in [2.05, 4.69) is 5.32 Å². The molecule has 1 saturated carbocycles. The van der Waals surface area contributed by atoms with Crippen molar-refractivity contribution in [2.24, 2.45) is 0 Å². The first-order chi connectivity index (χ1) is 6.09. The second-order valence-corrected chi connectivity index (χ2v) is 3.66. The number of Topliss-reactive ketones (excluding diaryl/α,β-unsaturated/α-hetero) is 1. The van der Waals surface area contributed by atoms with E-state index in [1.807, 2.05) is 0 Å². The third-order valence-electron chi connectivity index (χ3n) is 2.28. The van der Waals surface area contributed by atoms with Crippen LogP contribution in [-0.4, -0.2) is 36.9 Å². The van der Waals surface area contributed by atoms with Gasteiger partial charge in [-0.15, -0.1) is 0 Å². The molecule has 13 heavy (non-hydrogen) atoms. The number of nitrogens with zero attached hydrogens (tertiary/aromatic N) is 1. The van der Waals surface area contributed by atoms with Crippen molar-refractivity contribution >= 4 is 11.8 Å². The summed E-state index contributed by atoms with van der Waals surface area (Å²) < 4.78 is 0. The SMILES string of the molecule is CN(C)C(=O)NC1CCC(=O)CC1. The summed E-state index contributed by atoms with van der Waals surface area (Å²) in [7, 11) is 3.42. The van der Waals surface area contributed by atoms with Crippen LogP contribution in [0.5, 0.6) is 0 Å². The molecule has 0 spiro atoms. The second kappa shape index (κ2) is 4.25. The largest absolute Gasteiger partial charge is 0.335 e. The number of hydrogen-bond acceptors (Lipinski definition) is 2. The molecular formula is C9H16N2O2. The third-order valence-corrected chi connectivity index (χ3v) is 2.28. The Kier molecular flexibility index (Phi) is 3.28. The third kappa shape index (κ3) is 3.05. The van der Waals surface area contributed by atoms with Crippen LogP contribution in [0.15, 0.2) is 0 Å². The fraction of sp³-hybridized carbons (Fsp3) is 0.778. The zero-order chi connectivity index (χ0) is 9.84. The summed E-state index contributed by atoms with van der Waals surface area (Å²) in [6.45, 7) is 0. The van der Waals surface area contributed by atoms with E-state index >= 15 is 0 Å². The van der Waals surface area contributed by atoms with E-state index in [-0.39, 0.29) is 12.1 Å². The van der Waals surface area contributed by atoms with Gasteiger partial charge in [0.2, 0.25) is 0 Å². The van der Waals surface area contributed by atoms with Gasteiger partial charge in [-0.1, -0.05) is 0 Å². The number of urea groups is 1. The minimum atomic E-state index is -0.0700. The van der Waals surface area contributed by atoms with Crippen LogP contribution in [-0.2, 0) is 4.79 Å². The van der Waals surface area contributed by atoms with Gasteiger partial charge in [0.25, 0.3) is 0 Å². The average Bonchev–Trinajstić information content (AvgIpc) is 2.08. The molecule has 0 aromatic rings. The Hall–Kier alpha value is -1.06. The monoisotopic (exact) mass is 184 g/mol. The molecule has 0 bridgehead atoms. The average molecular weight is 184 g/mol. The highest BCUT2D eigenvalue weighted by Crippen LogP contribution is 2.14. The van der Waals surface area contributed by atoms with E-state index in [1.54, 1.807) is 14.1 Å². The Morgan fingerprint density at radius 2 is 1.92 bits per heavy atom. The Morgan fingerprint density at radius 3 is 2.38 bits per heavy atom. The van der Waals surface area contributed by atoms with Crippen LogP contribution in [0, 0.1) is 0 Å². The van der Waals surface area contributed by atoms with Crippen LogP contribution in [0.25, 0.3) is 0 Å². The maximum absolute atomic E-state index is 11.2. The van der Waals surface area contributed by atoms with Crippen molar-refractivity contribution in [1.82, 2.24) is 10.2 Å². The fourth-order valence-electron chi connectivity index (χ4n) is 1.39. The van der Waals surface area contributed by atoms with Gasteiger partial charge in [0.05, 0.1) is 0 Å². The number of rotatable bonds is 1. The first-order valence-corrected chi connectivity index (χ1v) is 4.59. The molecular weight excluding hydrogens is 168 g/mol. The van der Waals surface area contributed by atoms with Crippen molar-refractivity contribution in [2.45, 2.75) is 31.7 Å². The number of hydrogen-bond donors (Lipinski definition) is 1. The molecule has 0 saturated heterocycles. The van der Waals surface area contributed by atoms with Gasteiger partial charge in [-0.25, -0.2) is 4.79 Å². The lowest BCUT2D eigenvalue weighted by atomic mass is 9.94. The van der Waals surface area contributed by atoms with Gasteiger partial charge in [-0.3, -0.25) is 4.79 Å². The highest BCUT2D eigenvalue weighted by molar-refractivity contribution is 5.80. The molecule has 4 heteroatoms. The molecule has 74 valence electrons. The van der Waals surface area contributed by atoms with E-state index < -0.39 is 0 Å². The predicted molar refractivity (Wildman–Crippen MR) is 49.5 cm³/mol. The van der Waals surface area contributed by atoms with Crippen molar-refractivity contribution in [1.29, 1.82) is 0 Å². The summed E-state index contributed by atoms with van der Waals surface area (Å²) >= 11 is 0. The standard InChI is InChI=1S/C9H16N2O2/c1-11(2)9(13)10-7-3-5-8(12)6-4-7/h7H,3-6H2,1-2H3,(H,10,13). The van der Waals surface area contributed by atoms with Gasteiger partial charge in [-0.2, -0.15) is 0 Å². The maximum Gasteiger partial charge on any atom is 0.317 e. The summed E-state index contributed by atoms with van der Waals surface area (Å²) in [4.78, 5) is 23.6. The Labute approximate surface area is 78.3 Å². The zero-order valence-corrected chi connectivity index (χ0v) is 8.17. The molecule has 0 unspecified atom stereocenters. The minimum Gasteiger partial charge on any atom is -0.335 e. The van der Waals surface area contributed by atoms with E-state index in [4.69, 9.17) is 0 Å². The fourth-order valence-corrected chi connectivity index (χ4v) is 1.39. The van der Waals surface area contributed by atoms with E-state index in [0.29, 0.717) is 18.6 Å². The summed E-state index contributed by atoms with van der Waals surface area (Å²) in [6.07, 6.45) is 2.80. The topological polar surface area (TPSA) is 49.4 Å². The smallest absolute Gasteiger partial charge is 0.317 e. The number of nitrogens with one attached hydrogen (secondary N) is 1. The van der Waals surface area contributed by atoms with Crippen molar-refractivity contribution in [3.63, 3.8) is 0 Å². The van der Waals surface area contributed by atoms with Gasteiger partial charge >= 0.3 is 6.03 Å². The van der Waals surface area contributed by atoms with Gasteiger partial charge in [0.15, 0.2) is 0 Å². The van der Waals surface area contributed by atoms with E-state index in [9.17, 15) is 9.59 Å². The van der Waals surface area contributed by atoms with Gasteiger partial charge < -0.3 is 10.2 Å². The molecule has 0 aliphatic heterocycles. The number of carbonyl (C=O) groups is 2. The lowest BCUT2D eigenvalue weighted by molar-refractivity contribution is -0.120. The molecule has 1 rings (SSSR count).